The van der Waals surface area contributed by atoms with Gasteiger partial charge >= 0.3 is 6.03 Å². The molecule has 0 aromatic rings. The average molecular weight is 306 g/mol. The zero-order valence-electron chi connectivity index (χ0n) is 13.0. The lowest BCUT2D eigenvalue weighted by Gasteiger charge is -2.45. The summed E-state index contributed by atoms with van der Waals surface area (Å²) in [6, 6.07) is 0.497. The van der Waals surface area contributed by atoms with Crippen LogP contribution in [0, 0.1) is 17.8 Å². The minimum absolute atomic E-state index is 0.0234. The predicted octanol–water partition coefficient (Wildman–Crippen LogP) is 0.376. The van der Waals surface area contributed by atoms with Gasteiger partial charge in [-0.15, -0.1) is 0 Å². The molecule has 3 amide bonds. The summed E-state index contributed by atoms with van der Waals surface area (Å²) in [5, 5.41) is 2.87. The van der Waals surface area contributed by atoms with Crippen LogP contribution in [0.15, 0.2) is 0 Å². The van der Waals surface area contributed by atoms with E-state index >= 15 is 0 Å². The molecule has 0 aromatic carbocycles. The maximum Gasteiger partial charge on any atom is 0.317 e. The van der Waals surface area contributed by atoms with Gasteiger partial charge in [0.2, 0.25) is 5.91 Å². The molecule has 2 bridgehead atoms. The largest absolute Gasteiger partial charge is 0.339 e. The van der Waals surface area contributed by atoms with Gasteiger partial charge in [0.25, 0.3) is 0 Å². The topological polar surface area (TPSA) is 78.7 Å². The minimum Gasteiger partial charge on any atom is -0.339 e. The van der Waals surface area contributed by atoms with Crippen LogP contribution >= 0.6 is 0 Å². The molecular formula is C16H26N4O2. The zero-order valence-corrected chi connectivity index (χ0v) is 13.0. The second-order valence-corrected chi connectivity index (χ2v) is 7.51. The first kappa shape index (κ1) is 14.3. The van der Waals surface area contributed by atoms with Gasteiger partial charge in [-0.1, -0.05) is 6.42 Å². The molecule has 3 atom stereocenters. The van der Waals surface area contributed by atoms with Gasteiger partial charge in [0.05, 0.1) is 6.04 Å². The molecule has 4 aliphatic rings. The number of hydrogen-bond acceptors (Lipinski definition) is 3. The third-order valence-electron chi connectivity index (χ3n) is 6.31. The smallest absolute Gasteiger partial charge is 0.317 e. The van der Waals surface area contributed by atoms with Gasteiger partial charge in [-0.25, -0.2) is 4.79 Å². The fourth-order valence-electron chi connectivity index (χ4n) is 5.05. The van der Waals surface area contributed by atoms with Crippen LogP contribution in [-0.4, -0.2) is 60.0 Å². The molecule has 2 saturated carbocycles. The van der Waals surface area contributed by atoms with E-state index in [1.807, 2.05) is 9.80 Å². The average Bonchev–Trinajstić information content (AvgIpc) is 2.87. The van der Waals surface area contributed by atoms with Crippen LogP contribution in [0.25, 0.3) is 0 Å². The van der Waals surface area contributed by atoms with Crippen molar-refractivity contribution >= 4 is 11.9 Å². The van der Waals surface area contributed by atoms with Crippen molar-refractivity contribution in [1.29, 1.82) is 0 Å². The van der Waals surface area contributed by atoms with E-state index in [1.165, 1.54) is 19.3 Å². The van der Waals surface area contributed by atoms with Crippen LogP contribution in [-0.2, 0) is 4.79 Å². The highest BCUT2D eigenvalue weighted by Crippen LogP contribution is 2.42. The highest BCUT2D eigenvalue weighted by atomic mass is 16.2. The lowest BCUT2D eigenvalue weighted by molar-refractivity contribution is -0.140. The van der Waals surface area contributed by atoms with E-state index in [1.54, 1.807) is 0 Å². The fraction of sp³-hybridized carbons (Fsp3) is 0.875. The van der Waals surface area contributed by atoms with E-state index in [-0.39, 0.29) is 18.0 Å². The number of piperazine rings is 1. The zero-order chi connectivity index (χ0) is 15.3. The molecule has 2 heterocycles. The van der Waals surface area contributed by atoms with Crippen molar-refractivity contribution in [1.82, 2.24) is 15.1 Å². The fourth-order valence-corrected chi connectivity index (χ4v) is 5.05. The van der Waals surface area contributed by atoms with E-state index in [0.29, 0.717) is 50.0 Å². The Morgan fingerprint density at radius 2 is 1.91 bits per heavy atom. The Balaban J connectivity index is 1.41. The van der Waals surface area contributed by atoms with Crippen LogP contribution in [0.4, 0.5) is 4.79 Å². The lowest BCUT2D eigenvalue weighted by atomic mass is 9.65. The second-order valence-electron chi connectivity index (χ2n) is 7.51. The molecule has 3 unspecified atom stereocenters. The number of nitrogens with zero attached hydrogens (tertiary/aromatic N) is 2. The Hall–Kier alpha value is -1.30. The Morgan fingerprint density at radius 1 is 1.18 bits per heavy atom. The van der Waals surface area contributed by atoms with Crippen molar-refractivity contribution in [2.24, 2.45) is 23.5 Å². The summed E-state index contributed by atoms with van der Waals surface area (Å²) in [6.45, 7) is 2.71. The Morgan fingerprint density at radius 3 is 2.64 bits per heavy atom. The molecule has 0 radical (unpaired) electrons. The standard InChI is InChI=1S/C16H26N4O2/c17-14-10-2-1-3-11(14)7-12(6-10)15(21)19-4-5-20-13(9-19)8-18-16(20)22/h10-14H,1-9,17H2,(H,18,22). The van der Waals surface area contributed by atoms with Gasteiger partial charge in [-0.3, -0.25) is 4.79 Å². The number of fused-ring (bicyclic) bond motifs is 3. The molecule has 122 valence electrons. The third kappa shape index (κ3) is 2.28. The Labute approximate surface area is 131 Å². The SMILES string of the molecule is NC1C2CCCC1CC(C(=O)N1CCN3C(=O)NCC3C1)C2. The van der Waals surface area contributed by atoms with Gasteiger partial charge in [0, 0.05) is 38.1 Å². The molecule has 6 heteroatoms. The highest BCUT2D eigenvalue weighted by Gasteiger charge is 2.43. The van der Waals surface area contributed by atoms with Gasteiger partial charge in [0.1, 0.15) is 0 Å². The first-order valence-electron chi connectivity index (χ1n) is 8.72. The molecule has 0 spiro atoms. The summed E-state index contributed by atoms with van der Waals surface area (Å²) < 4.78 is 0. The molecule has 3 N–H and O–H groups in total. The maximum absolute atomic E-state index is 12.9. The number of nitrogens with one attached hydrogen (secondary N) is 1. The van der Waals surface area contributed by atoms with Crippen LogP contribution < -0.4 is 11.1 Å². The van der Waals surface area contributed by atoms with Crippen molar-refractivity contribution in [3.05, 3.63) is 0 Å². The molecule has 6 nitrogen and oxygen atoms in total. The van der Waals surface area contributed by atoms with E-state index in [9.17, 15) is 9.59 Å². The summed E-state index contributed by atoms with van der Waals surface area (Å²) in [6.07, 6.45) is 5.60. The summed E-state index contributed by atoms with van der Waals surface area (Å²) in [7, 11) is 0. The summed E-state index contributed by atoms with van der Waals surface area (Å²) in [4.78, 5) is 28.4. The molecule has 2 aliphatic heterocycles. The minimum atomic E-state index is 0.0234. The van der Waals surface area contributed by atoms with Crippen molar-refractivity contribution in [2.45, 2.75) is 44.2 Å². The third-order valence-corrected chi connectivity index (χ3v) is 6.31. The molecule has 2 aliphatic carbocycles. The highest BCUT2D eigenvalue weighted by molar-refractivity contribution is 5.81. The van der Waals surface area contributed by atoms with E-state index in [2.05, 4.69) is 5.32 Å². The molecular weight excluding hydrogens is 280 g/mol. The number of amides is 3. The Bertz CT molecular complexity index is 469. The van der Waals surface area contributed by atoms with Crippen molar-refractivity contribution < 1.29 is 9.59 Å². The summed E-state index contributed by atoms with van der Waals surface area (Å²) in [5.41, 5.74) is 6.33. The Kier molecular flexibility index (Phi) is 3.51. The normalized spacial score (nSPS) is 41.1. The van der Waals surface area contributed by atoms with Crippen LogP contribution in [0.1, 0.15) is 32.1 Å². The number of carbonyl (C=O) groups is 2. The van der Waals surface area contributed by atoms with Crippen LogP contribution in [0.5, 0.6) is 0 Å². The quantitative estimate of drug-likeness (QED) is 0.735. The molecule has 4 rings (SSSR count). The van der Waals surface area contributed by atoms with Crippen molar-refractivity contribution in [3.8, 4) is 0 Å². The molecule has 2 saturated heterocycles. The number of nitrogens with two attached hydrogens (primary N) is 1. The van der Waals surface area contributed by atoms with Crippen LogP contribution in [0.3, 0.4) is 0 Å². The van der Waals surface area contributed by atoms with E-state index in [0.717, 1.165) is 12.8 Å². The number of rotatable bonds is 1. The molecule has 0 aromatic heterocycles. The molecule has 22 heavy (non-hydrogen) atoms. The maximum atomic E-state index is 12.9. The summed E-state index contributed by atoms with van der Waals surface area (Å²) in [5.74, 6) is 1.55. The first-order valence-corrected chi connectivity index (χ1v) is 8.72. The number of urea groups is 1. The summed E-state index contributed by atoms with van der Waals surface area (Å²) >= 11 is 0. The van der Waals surface area contributed by atoms with E-state index < -0.39 is 0 Å². The van der Waals surface area contributed by atoms with Gasteiger partial charge < -0.3 is 20.9 Å². The van der Waals surface area contributed by atoms with Gasteiger partial charge in [-0.2, -0.15) is 0 Å². The first-order chi connectivity index (χ1) is 10.6. The van der Waals surface area contributed by atoms with Gasteiger partial charge in [-0.05, 0) is 37.5 Å². The second kappa shape index (κ2) is 5.41. The molecule has 4 fully saturated rings. The van der Waals surface area contributed by atoms with E-state index in [4.69, 9.17) is 5.73 Å². The predicted molar refractivity (Wildman–Crippen MR) is 82.0 cm³/mol. The van der Waals surface area contributed by atoms with Crippen molar-refractivity contribution in [3.63, 3.8) is 0 Å². The number of carbonyl (C=O) groups excluding carboxylic acids is 2. The van der Waals surface area contributed by atoms with Crippen LogP contribution in [0.2, 0.25) is 0 Å². The van der Waals surface area contributed by atoms with Gasteiger partial charge in [0.15, 0.2) is 0 Å². The monoisotopic (exact) mass is 306 g/mol. The number of hydrogen-bond donors (Lipinski definition) is 2. The lowest BCUT2D eigenvalue weighted by Crippen LogP contribution is -2.56. The van der Waals surface area contributed by atoms with Crippen molar-refractivity contribution in [2.75, 3.05) is 26.2 Å².